The smallest absolute Gasteiger partial charge is 0.205 e. The van der Waals surface area contributed by atoms with E-state index >= 15 is 0 Å². The fraction of sp³-hybridized carbons (Fsp3) is 1.00. The van der Waals surface area contributed by atoms with Crippen LogP contribution in [0.25, 0.3) is 0 Å². The molecule has 0 aliphatic carbocycles. The van der Waals surface area contributed by atoms with Crippen LogP contribution in [0.2, 0.25) is 11.3 Å². The molecule has 0 bridgehead atoms. The van der Waals surface area contributed by atoms with Gasteiger partial charge in [0.2, 0.25) is 16.8 Å². The van der Waals surface area contributed by atoms with Gasteiger partial charge in [-0.15, -0.1) is 0 Å². The summed E-state index contributed by atoms with van der Waals surface area (Å²) in [5.74, 6) is 0. The van der Waals surface area contributed by atoms with Crippen LogP contribution in [-0.2, 0) is 0 Å². The minimum absolute atomic E-state index is 1.31. The van der Waals surface area contributed by atoms with Gasteiger partial charge in [-0.3, -0.25) is 0 Å². The molecule has 0 aromatic heterocycles. The quantitative estimate of drug-likeness (QED) is 0.670. The molecule has 1 rings (SSSR count). The minimum Gasteiger partial charge on any atom is -0.317 e. The van der Waals surface area contributed by atoms with E-state index in [4.69, 9.17) is 0 Å². The van der Waals surface area contributed by atoms with Gasteiger partial charge in [0, 0.05) is 0 Å². The number of nitrogens with zero attached hydrogens (tertiary/aromatic N) is 4. The van der Waals surface area contributed by atoms with Crippen molar-refractivity contribution in [3.63, 3.8) is 0 Å². The molecule has 0 radical (unpaired) electrons. The van der Waals surface area contributed by atoms with Gasteiger partial charge in [0.05, 0.1) is 0 Å². The molecule has 0 atom stereocenters. The van der Waals surface area contributed by atoms with Crippen molar-refractivity contribution in [3.05, 3.63) is 0 Å². The second kappa shape index (κ2) is 4.51. The Morgan fingerprint density at radius 3 is 0.812 bits per heavy atom. The highest BCUT2D eigenvalue weighted by molar-refractivity contribution is 7.09. The maximum absolute atomic E-state index is 2.52. The van der Waals surface area contributed by atoms with Gasteiger partial charge >= 0.3 is 0 Å². The number of hydrogen-bond donors (Lipinski definition) is 0. The molecule has 96 valence electrons. The van der Waals surface area contributed by atoms with Crippen LogP contribution in [0.3, 0.4) is 0 Å². The van der Waals surface area contributed by atoms with E-state index in [2.05, 4.69) is 74.6 Å². The van der Waals surface area contributed by atoms with E-state index in [0.29, 0.717) is 0 Å². The summed E-state index contributed by atoms with van der Waals surface area (Å²) in [4.78, 5) is 0. The standard InChI is InChI=1S/C10H28N4Si2/c1-11(2)15(12(3)4)9-16(10-15,13(5)6)14(7)8/h9-10H2,1-8H3. The zero-order valence-corrected chi connectivity index (χ0v) is 14.2. The van der Waals surface area contributed by atoms with Gasteiger partial charge in [0.25, 0.3) is 0 Å². The molecule has 6 heteroatoms. The zero-order chi connectivity index (χ0) is 12.7. The van der Waals surface area contributed by atoms with Crippen molar-refractivity contribution < 1.29 is 0 Å². The Balaban J connectivity index is 2.89. The van der Waals surface area contributed by atoms with Gasteiger partial charge in [-0.2, -0.15) is 0 Å². The Labute approximate surface area is 103 Å². The van der Waals surface area contributed by atoms with E-state index in [-0.39, 0.29) is 0 Å². The molecule has 4 nitrogen and oxygen atoms in total. The first kappa shape index (κ1) is 14.3. The molecule has 0 aromatic carbocycles. The SMILES string of the molecule is CN(C)[Si]1(N(C)C)C[Si](N(C)C)(N(C)C)C1. The normalized spacial score (nSPS) is 23.2. The summed E-state index contributed by atoms with van der Waals surface area (Å²) in [5.41, 5.74) is 2.86. The molecular weight excluding hydrogens is 232 g/mol. The van der Waals surface area contributed by atoms with Crippen molar-refractivity contribution in [2.45, 2.75) is 11.3 Å². The molecule has 1 aliphatic rings. The lowest BCUT2D eigenvalue weighted by molar-refractivity contribution is 0.422. The van der Waals surface area contributed by atoms with Crippen molar-refractivity contribution in [3.8, 4) is 0 Å². The van der Waals surface area contributed by atoms with E-state index < -0.39 is 16.8 Å². The lowest BCUT2D eigenvalue weighted by Crippen LogP contribution is -2.83. The fourth-order valence-electron chi connectivity index (χ4n) is 2.92. The first-order valence-corrected chi connectivity index (χ1v) is 10.5. The minimum atomic E-state index is -1.31. The third-order valence-electron chi connectivity index (χ3n) is 4.46. The summed E-state index contributed by atoms with van der Waals surface area (Å²) in [7, 11) is 15.5. The molecule has 1 heterocycles. The molecule has 0 aromatic rings. The van der Waals surface area contributed by atoms with Crippen molar-refractivity contribution >= 4 is 16.8 Å². The molecule has 1 fully saturated rings. The van der Waals surface area contributed by atoms with Gasteiger partial charge in [0.15, 0.2) is 0 Å². The summed E-state index contributed by atoms with van der Waals surface area (Å²) in [5, 5.41) is 0. The number of rotatable bonds is 4. The average Bonchev–Trinajstić information content (AvgIpc) is 1.98. The Kier molecular flexibility index (Phi) is 4.04. The van der Waals surface area contributed by atoms with Crippen LogP contribution in [0.1, 0.15) is 0 Å². The van der Waals surface area contributed by atoms with Crippen LogP contribution in [0.15, 0.2) is 0 Å². The van der Waals surface area contributed by atoms with Gasteiger partial charge in [-0.05, 0) is 67.7 Å². The Morgan fingerprint density at radius 2 is 0.688 bits per heavy atom. The van der Waals surface area contributed by atoms with Crippen molar-refractivity contribution in [1.82, 2.24) is 18.3 Å². The van der Waals surface area contributed by atoms with E-state index in [1.165, 1.54) is 11.3 Å². The van der Waals surface area contributed by atoms with Gasteiger partial charge < -0.3 is 18.3 Å². The van der Waals surface area contributed by atoms with E-state index in [9.17, 15) is 0 Å². The lowest BCUT2D eigenvalue weighted by atomic mass is 11.2. The van der Waals surface area contributed by atoms with Crippen LogP contribution in [0.4, 0.5) is 0 Å². The molecule has 1 aliphatic heterocycles. The topological polar surface area (TPSA) is 13.0 Å². The van der Waals surface area contributed by atoms with Crippen LogP contribution >= 0.6 is 0 Å². The van der Waals surface area contributed by atoms with Crippen molar-refractivity contribution in [1.29, 1.82) is 0 Å². The number of hydrogen-bond acceptors (Lipinski definition) is 4. The van der Waals surface area contributed by atoms with Crippen LogP contribution in [0.5, 0.6) is 0 Å². The third kappa shape index (κ3) is 1.91. The van der Waals surface area contributed by atoms with E-state index in [1.54, 1.807) is 0 Å². The van der Waals surface area contributed by atoms with E-state index in [0.717, 1.165) is 0 Å². The van der Waals surface area contributed by atoms with E-state index in [1.807, 2.05) is 0 Å². The Bertz CT molecular complexity index is 203. The van der Waals surface area contributed by atoms with Crippen LogP contribution < -0.4 is 0 Å². The largest absolute Gasteiger partial charge is 0.317 e. The molecular formula is C10H28N4Si2. The van der Waals surface area contributed by atoms with Gasteiger partial charge in [0.1, 0.15) is 0 Å². The lowest BCUT2D eigenvalue weighted by Gasteiger charge is -2.62. The fourth-order valence-corrected chi connectivity index (χ4v) is 21.5. The van der Waals surface area contributed by atoms with Crippen molar-refractivity contribution in [2.24, 2.45) is 0 Å². The highest BCUT2D eigenvalue weighted by Gasteiger charge is 2.64. The molecule has 0 spiro atoms. The maximum atomic E-state index is 2.52. The third-order valence-corrected chi connectivity index (χ3v) is 20.2. The molecule has 0 amide bonds. The highest BCUT2D eigenvalue weighted by atomic mass is 28.5. The van der Waals surface area contributed by atoms with Crippen LogP contribution in [0, 0.1) is 0 Å². The molecule has 0 unspecified atom stereocenters. The van der Waals surface area contributed by atoms with Crippen LogP contribution in [-0.4, -0.2) is 91.4 Å². The highest BCUT2D eigenvalue weighted by Crippen LogP contribution is 2.44. The Morgan fingerprint density at radius 1 is 0.500 bits per heavy atom. The first-order valence-electron chi connectivity index (χ1n) is 5.89. The summed E-state index contributed by atoms with van der Waals surface area (Å²) < 4.78 is 10.1. The second-order valence-corrected chi connectivity index (χ2v) is 16.2. The summed E-state index contributed by atoms with van der Waals surface area (Å²) in [6.45, 7) is 0. The summed E-state index contributed by atoms with van der Waals surface area (Å²) >= 11 is 0. The molecule has 16 heavy (non-hydrogen) atoms. The molecule has 0 saturated carbocycles. The molecule has 0 N–H and O–H groups in total. The Hall–Kier alpha value is 0.274. The second-order valence-electron chi connectivity index (χ2n) is 5.90. The summed E-state index contributed by atoms with van der Waals surface area (Å²) in [6, 6.07) is 0. The van der Waals surface area contributed by atoms with Gasteiger partial charge in [-0.25, -0.2) is 0 Å². The zero-order valence-electron chi connectivity index (χ0n) is 12.2. The predicted octanol–water partition coefficient (Wildman–Crippen LogP) is 0.209. The predicted molar refractivity (Wildman–Crippen MR) is 75.9 cm³/mol. The summed E-state index contributed by atoms with van der Waals surface area (Å²) in [6.07, 6.45) is 0. The molecule has 1 saturated heterocycles. The monoisotopic (exact) mass is 260 g/mol. The van der Waals surface area contributed by atoms with Gasteiger partial charge in [-0.1, -0.05) is 0 Å². The average molecular weight is 261 g/mol. The van der Waals surface area contributed by atoms with Crippen molar-refractivity contribution in [2.75, 3.05) is 56.4 Å². The maximum Gasteiger partial charge on any atom is 0.205 e. The first-order chi connectivity index (χ1) is 7.19.